The molecule has 0 radical (unpaired) electrons. The van der Waals surface area contributed by atoms with E-state index in [-0.39, 0.29) is 5.91 Å². The maximum Gasteiger partial charge on any atom is 0.255 e. The molecule has 1 heterocycles. The molecule has 0 aliphatic rings. The number of nitrogens with zero attached hydrogens (tertiary/aromatic N) is 1. The summed E-state index contributed by atoms with van der Waals surface area (Å²) < 4.78 is 2.75. The summed E-state index contributed by atoms with van der Waals surface area (Å²) in [6.07, 6.45) is 0. The van der Waals surface area contributed by atoms with E-state index >= 15 is 0 Å². The minimum Gasteiger partial charge on any atom is -0.320 e. The lowest BCUT2D eigenvalue weighted by Gasteiger charge is -2.13. The zero-order valence-electron chi connectivity index (χ0n) is 13.7. The minimum atomic E-state index is -0.233. The third-order valence-electron chi connectivity index (χ3n) is 3.90. The van der Waals surface area contributed by atoms with Gasteiger partial charge in [-0.25, -0.2) is 4.98 Å². The molecule has 0 aliphatic carbocycles. The fourth-order valence-corrected chi connectivity index (χ4v) is 5.17. The van der Waals surface area contributed by atoms with Crippen molar-refractivity contribution in [2.24, 2.45) is 0 Å². The largest absolute Gasteiger partial charge is 0.320 e. The average molecular weight is 523 g/mol. The molecule has 0 unspecified atom stereocenters. The number of fused-ring (bicyclic) bond motifs is 1. The Hall–Kier alpha value is -1.73. The van der Waals surface area contributed by atoms with Gasteiger partial charge in [-0.15, -0.1) is 11.3 Å². The summed E-state index contributed by atoms with van der Waals surface area (Å²) in [6.45, 7) is 0. The summed E-state index contributed by atoms with van der Waals surface area (Å²) in [5.41, 5.74) is 2.93. The van der Waals surface area contributed by atoms with Crippen LogP contribution < -0.4 is 5.32 Å². The molecule has 0 atom stereocenters. The average Bonchev–Trinajstić information content (AvgIpc) is 3.07. The molecule has 134 valence electrons. The molecule has 3 aromatic carbocycles. The maximum atomic E-state index is 12.7. The van der Waals surface area contributed by atoms with Crippen molar-refractivity contribution >= 4 is 76.6 Å². The molecular formula is C20H11Br2ClN2OS. The summed E-state index contributed by atoms with van der Waals surface area (Å²) in [4.78, 5) is 17.5. The number of anilines is 1. The molecule has 0 saturated carbocycles. The van der Waals surface area contributed by atoms with Gasteiger partial charge < -0.3 is 5.32 Å². The summed E-state index contributed by atoms with van der Waals surface area (Å²) in [6, 6.07) is 18.7. The molecule has 4 rings (SSSR count). The first-order valence-electron chi connectivity index (χ1n) is 7.93. The van der Waals surface area contributed by atoms with Crippen LogP contribution in [-0.4, -0.2) is 10.9 Å². The number of rotatable bonds is 3. The number of halogens is 3. The molecule has 0 fully saturated rings. The van der Waals surface area contributed by atoms with Gasteiger partial charge in [0.05, 0.1) is 15.9 Å². The molecule has 1 amide bonds. The lowest BCUT2D eigenvalue weighted by Crippen LogP contribution is -2.13. The third-order valence-corrected chi connectivity index (χ3v) is 6.29. The zero-order chi connectivity index (χ0) is 19.0. The Morgan fingerprint density at radius 2 is 1.85 bits per heavy atom. The van der Waals surface area contributed by atoms with Crippen molar-refractivity contribution in [2.45, 2.75) is 0 Å². The first kappa shape index (κ1) is 18.6. The molecule has 7 heteroatoms. The van der Waals surface area contributed by atoms with Crippen LogP contribution in [0.2, 0.25) is 5.02 Å². The second kappa shape index (κ2) is 7.72. The fourth-order valence-electron chi connectivity index (χ4n) is 2.67. The Bertz CT molecular complexity index is 1140. The summed E-state index contributed by atoms with van der Waals surface area (Å²) in [5, 5.41) is 4.34. The standard InChI is InChI=1S/C20H11Br2ClN2OS/c21-12-9-14(20-24-16-6-1-2-7-17(16)27-20)18(15(22)10-12)25-19(26)11-4-3-5-13(23)8-11/h1-10H,(H,25,26). The Morgan fingerprint density at radius 1 is 1.04 bits per heavy atom. The molecule has 0 spiro atoms. The second-order valence-electron chi connectivity index (χ2n) is 5.76. The normalized spacial score (nSPS) is 10.9. The lowest BCUT2D eigenvalue weighted by atomic mass is 10.1. The van der Waals surface area contributed by atoms with E-state index in [0.29, 0.717) is 16.3 Å². The fraction of sp³-hybridized carbons (Fsp3) is 0. The number of amides is 1. The van der Waals surface area contributed by atoms with Crippen molar-refractivity contribution in [3.8, 4) is 10.6 Å². The van der Waals surface area contributed by atoms with Crippen molar-refractivity contribution in [3.63, 3.8) is 0 Å². The van der Waals surface area contributed by atoms with Crippen molar-refractivity contribution in [3.05, 3.63) is 80.2 Å². The van der Waals surface area contributed by atoms with Gasteiger partial charge in [0.2, 0.25) is 0 Å². The number of hydrogen-bond donors (Lipinski definition) is 1. The van der Waals surface area contributed by atoms with Crippen molar-refractivity contribution in [1.29, 1.82) is 0 Å². The number of aromatic nitrogens is 1. The highest BCUT2D eigenvalue weighted by molar-refractivity contribution is 9.11. The lowest BCUT2D eigenvalue weighted by molar-refractivity contribution is 0.102. The van der Waals surface area contributed by atoms with Gasteiger partial charge in [0, 0.05) is 25.1 Å². The van der Waals surface area contributed by atoms with Crippen LogP contribution in [0.4, 0.5) is 5.69 Å². The predicted octanol–water partition coefficient (Wildman–Crippen LogP) is 7.39. The third kappa shape index (κ3) is 3.94. The first-order chi connectivity index (χ1) is 13.0. The van der Waals surface area contributed by atoms with E-state index in [1.165, 1.54) is 0 Å². The molecule has 1 N–H and O–H groups in total. The summed E-state index contributed by atoms with van der Waals surface area (Å²) >= 11 is 14.7. The monoisotopic (exact) mass is 520 g/mol. The molecule has 0 saturated heterocycles. The van der Waals surface area contributed by atoms with Crippen LogP contribution in [0.15, 0.2) is 69.6 Å². The van der Waals surface area contributed by atoms with Crippen LogP contribution in [0.3, 0.4) is 0 Å². The topological polar surface area (TPSA) is 42.0 Å². The number of thiazole rings is 1. The van der Waals surface area contributed by atoms with Crippen LogP contribution in [0.1, 0.15) is 10.4 Å². The van der Waals surface area contributed by atoms with E-state index in [9.17, 15) is 4.79 Å². The summed E-state index contributed by atoms with van der Waals surface area (Å²) in [7, 11) is 0. The molecule has 4 aromatic rings. The van der Waals surface area contributed by atoms with Gasteiger partial charge in [-0.2, -0.15) is 0 Å². The van der Waals surface area contributed by atoms with Crippen LogP contribution in [0.5, 0.6) is 0 Å². The van der Waals surface area contributed by atoms with E-state index in [0.717, 1.165) is 29.7 Å². The zero-order valence-corrected chi connectivity index (χ0v) is 18.4. The highest BCUT2D eigenvalue weighted by Crippen LogP contribution is 2.40. The van der Waals surface area contributed by atoms with E-state index in [1.807, 2.05) is 36.4 Å². The predicted molar refractivity (Wildman–Crippen MR) is 120 cm³/mol. The van der Waals surface area contributed by atoms with Crippen molar-refractivity contribution < 1.29 is 4.79 Å². The summed E-state index contributed by atoms with van der Waals surface area (Å²) in [5.74, 6) is -0.233. The Labute approximate surface area is 181 Å². The Kier molecular flexibility index (Phi) is 5.32. The smallest absolute Gasteiger partial charge is 0.255 e. The van der Waals surface area contributed by atoms with Gasteiger partial charge in [-0.1, -0.05) is 45.7 Å². The molecule has 0 bridgehead atoms. The van der Waals surface area contributed by atoms with Crippen molar-refractivity contribution in [1.82, 2.24) is 4.98 Å². The first-order valence-corrected chi connectivity index (χ1v) is 10.7. The Balaban J connectivity index is 1.79. The van der Waals surface area contributed by atoms with E-state index in [1.54, 1.807) is 35.6 Å². The van der Waals surface area contributed by atoms with Crippen LogP contribution in [0.25, 0.3) is 20.8 Å². The quantitative estimate of drug-likeness (QED) is 0.305. The number of benzene rings is 3. The Morgan fingerprint density at radius 3 is 2.63 bits per heavy atom. The maximum absolute atomic E-state index is 12.7. The van der Waals surface area contributed by atoms with Crippen LogP contribution >= 0.6 is 54.8 Å². The number of carbonyl (C=O) groups is 1. The van der Waals surface area contributed by atoms with E-state index in [2.05, 4.69) is 37.2 Å². The van der Waals surface area contributed by atoms with Gasteiger partial charge in [0.25, 0.3) is 5.91 Å². The number of nitrogens with one attached hydrogen (secondary N) is 1. The van der Waals surface area contributed by atoms with Gasteiger partial charge in [-0.05, 0) is 58.4 Å². The number of hydrogen-bond acceptors (Lipinski definition) is 3. The SMILES string of the molecule is O=C(Nc1c(Br)cc(Br)cc1-c1nc2ccccc2s1)c1cccc(Cl)c1. The van der Waals surface area contributed by atoms with Crippen molar-refractivity contribution in [2.75, 3.05) is 5.32 Å². The molecule has 27 heavy (non-hydrogen) atoms. The number of carbonyl (C=O) groups excluding carboxylic acids is 1. The van der Waals surface area contributed by atoms with Crippen LogP contribution in [-0.2, 0) is 0 Å². The van der Waals surface area contributed by atoms with Gasteiger partial charge in [0.1, 0.15) is 5.01 Å². The van der Waals surface area contributed by atoms with Gasteiger partial charge >= 0.3 is 0 Å². The molecule has 1 aromatic heterocycles. The minimum absolute atomic E-state index is 0.233. The molecule has 0 aliphatic heterocycles. The second-order valence-corrected chi connectivity index (χ2v) is 9.00. The molecular weight excluding hydrogens is 512 g/mol. The van der Waals surface area contributed by atoms with Crippen LogP contribution in [0, 0.1) is 0 Å². The highest BCUT2D eigenvalue weighted by Gasteiger charge is 2.17. The van der Waals surface area contributed by atoms with Gasteiger partial charge in [0.15, 0.2) is 0 Å². The van der Waals surface area contributed by atoms with Gasteiger partial charge in [-0.3, -0.25) is 4.79 Å². The highest BCUT2D eigenvalue weighted by atomic mass is 79.9. The number of para-hydroxylation sites is 1. The van der Waals surface area contributed by atoms with E-state index in [4.69, 9.17) is 16.6 Å². The van der Waals surface area contributed by atoms with E-state index < -0.39 is 0 Å². The molecule has 3 nitrogen and oxygen atoms in total.